The molecule has 5 nitrogen and oxygen atoms in total. The molecule has 0 atom stereocenters. The molecule has 4 rings (SSSR count). The Morgan fingerprint density at radius 3 is 2.57 bits per heavy atom. The van der Waals surface area contributed by atoms with Gasteiger partial charge < -0.3 is 9.52 Å². The second-order valence-electron chi connectivity index (χ2n) is 7.71. The van der Waals surface area contributed by atoms with Gasteiger partial charge in [0.2, 0.25) is 0 Å². The van der Waals surface area contributed by atoms with E-state index in [0.29, 0.717) is 21.8 Å². The molecule has 7 heteroatoms. The van der Waals surface area contributed by atoms with Gasteiger partial charge in [-0.15, -0.1) is 5.12 Å². The summed E-state index contributed by atoms with van der Waals surface area (Å²) in [4.78, 5) is 14.9. The number of oxazole rings is 1. The summed E-state index contributed by atoms with van der Waals surface area (Å²) in [6, 6.07) is 14.3. The second-order valence-corrected chi connectivity index (χ2v) is 8.14. The molecule has 0 radical (unpaired) electrons. The van der Waals surface area contributed by atoms with Gasteiger partial charge in [-0.3, -0.25) is 4.79 Å². The van der Waals surface area contributed by atoms with Crippen molar-refractivity contribution in [2.24, 2.45) is 5.92 Å². The van der Waals surface area contributed by atoms with Crippen molar-refractivity contribution in [1.29, 1.82) is 0 Å². The fourth-order valence-electron chi connectivity index (χ4n) is 4.06. The Hall–Kier alpha value is -2.86. The van der Waals surface area contributed by atoms with Crippen molar-refractivity contribution < 1.29 is 18.8 Å². The number of aromatic nitrogens is 1. The number of hydrogen-bond donors (Lipinski definition) is 1. The van der Waals surface area contributed by atoms with Crippen LogP contribution in [0, 0.1) is 5.92 Å². The van der Waals surface area contributed by atoms with Crippen LogP contribution in [0.4, 0.5) is 16.2 Å². The highest BCUT2D eigenvalue weighted by Gasteiger charge is 2.24. The monoisotopic (exact) mass is 428 g/mol. The molecule has 1 fully saturated rings. The van der Waals surface area contributed by atoms with Crippen LogP contribution < -0.4 is 5.12 Å². The molecule has 3 aromatic rings. The zero-order valence-electron chi connectivity index (χ0n) is 16.3. The molecule has 156 valence electrons. The first kappa shape index (κ1) is 20.4. The van der Waals surface area contributed by atoms with E-state index >= 15 is 0 Å². The molecule has 0 spiro atoms. The number of benzene rings is 2. The standard InChI is InChI=1S/C23H22ClFN2O3/c24-19-2-1-3-20(13-19)27(25)23-26-14-21(30-23)18-10-8-17(9-11-18)16-6-4-15(5-7-16)12-22(28)29/h1-3,8-11,13-16H,4-7,12H2,(H,28,29). The summed E-state index contributed by atoms with van der Waals surface area (Å²) < 4.78 is 20.2. The minimum atomic E-state index is -0.712. The average Bonchev–Trinajstić information content (AvgIpc) is 3.24. The van der Waals surface area contributed by atoms with Crippen molar-refractivity contribution in [1.82, 2.24) is 4.98 Å². The van der Waals surface area contributed by atoms with Crippen molar-refractivity contribution >= 4 is 29.3 Å². The van der Waals surface area contributed by atoms with E-state index in [4.69, 9.17) is 21.1 Å². The molecule has 0 aliphatic heterocycles. The Morgan fingerprint density at radius 2 is 1.90 bits per heavy atom. The van der Waals surface area contributed by atoms with Crippen LogP contribution >= 0.6 is 11.6 Å². The topological polar surface area (TPSA) is 66.6 Å². The van der Waals surface area contributed by atoms with E-state index in [0.717, 1.165) is 31.2 Å². The first-order valence-electron chi connectivity index (χ1n) is 9.99. The normalized spacial score (nSPS) is 18.9. The maximum atomic E-state index is 14.6. The summed E-state index contributed by atoms with van der Waals surface area (Å²) >= 11 is 5.92. The number of aliphatic carboxylic acids is 1. The molecule has 1 aromatic heterocycles. The van der Waals surface area contributed by atoms with Crippen LogP contribution in [0.5, 0.6) is 0 Å². The summed E-state index contributed by atoms with van der Waals surface area (Å²) in [5.41, 5.74) is 2.29. The molecule has 1 heterocycles. The van der Waals surface area contributed by atoms with E-state index in [2.05, 4.69) is 17.1 Å². The minimum absolute atomic E-state index is 0.159. The molecular weight excluding hydrogens is 407 g/mol. The molecule has 1 aliphatic carbocycles. The van der Waals surface area contributed by atoms with Crippen LogP contribution in [0.25, 0.3) is 11.3 Å². The zero-order chi connectivity index (χ0) is 21.1. The number of anilines is 2. The van der Waals surface area contributed by atoms with Gasteiger partial charge in [-0.25, -0.2) is 0 Å². The molecule has 0 unspecified atom stereocenters. The number of carboxylic acids is 1. The van der Waals surface area contributed by atoms with Crippen molar-refractivity contribution in [2.75, 3.05) is 5.12 Å². The van der Waals surface area contributed by atoms with Crippen LogP contribution in [-0.4, -0.2) is 16.1 Å². The Morgan fingerprint density at radius 1 is 1.17 bits per heavy atom. The zero-order valence-corrected chi connectivity index (χ0v) is 17.1. The predicted octanol–water partition coefficient (Wildman–Crippen LogP) is 6.77. The molecule has 2 aromatic carbocycles. The van der Waals surface area contributed by atoms with Crippen LogP contribution in [0.15, 0.2) is 59.1 Å². The molecule has 1 aliphatic rings. The van der Waals surface area contributed by atoms with Crippen molar-refractivity contribution in [3.63, 3.8) is 0 Å². The lowest BCUT2D eigenvalue weighted by Crippen LogP contribution is -2.16. The van der Waals surface area contributed by atoms with Gasteiger partial charge in [0.05, 0.1) is 11.9 Å². The predicted molar refractivity (Wildman–Crippen MR) is 114 cm³/mol. The maximum Gasteiger partial charge on any atom is 0.331 e. The lowest BCUT2D eigenvalue weighted by Gasteiger charge is -2.28. The summed E-state index contributed by atoms with van der Waals surface area (Å²) in [7, 11) is 0. The summed E-state index contributed by atoms with van der Waals surface area (Å²) in [5, 5.41) is 9.74. The first-order chi connectivity index (χ1) is 14.5. The highest BCUT2D eigenvalue weighted by atomic mass is 35.5. The van der Waals surface area contributed by atoms with Crippen LogP contribution in [-0.2, 0) is 4.79 Å². The highest BCUT2D eigenvalue weighted by Crippen LogP contribution is 2.38. The molecule has 1 N–H and O–H groups in total. The van der Waals surface area contributed by atoms with E-state index in [9.17, 15) is 9.28 Å². The van der Waals surface area contributed by atoms with Gasteiger partial charge in [-0.2, -0.15) is 4.98 Å². The lowest BCUT2D eigenvalue weighted by atomic mass is 9.77. The Bertz CT molecular complexity index is 1010. The number of nitrogens with zero attached hydrogens (tertiary/aromatic N) is 2. The van der Waals surface area contributed by atoms with Crippen molar-refractivity contribution in [3.8, 4) is 11.3 Å². The van der Waals surface area contributed by atoms with Crippen molar-refractivity contribution in [3.05, 3.63) is 65.3 Å². The minimum Gasteiger partial charge on any atom is -0.481 e. The summed E-state index contributed by atoms with van der Waals surface area (Å²) in [6.07, 6.45) is 5.65. The van der Waals surface area contributed by atoms with Crippen LogP contribution in [0.3, 0.4) is 0 Å². The lowest BCUT2D eigenvalue weighted by molar-refractivity contribution is -0.138. The number of carboxylic acid groups (broad SMARTS) is 1. The van der Waals surface area contributed by atoms with Crippen molar-refractivity contribution in [2.45, 2.75) is 38.0 Å². The van der Waals surface area contributed by atoms with Gasteiger partial charge in [0, 0.05) is 17.0 Å². The number of carbonyl (C=O) groups is 1. The van der Waals surface area contributed by atoms with E-state index in [-0.39, 0.29) is 24.0 Å². The molecule has 1 saturated carbocycles. The van der Waals surface area contributed by atoms with E-state index in [1.54, 1.807) is 18.2 Å². The second kappa shape index (κ2) is 8.88. The fourth-order valence-corrected chi connectivity index (χ4v) is 4.25. The highest BCUT2D eigenvalue weighted by molar-refractivity contribution is 6.30. The van der Waals surface area contributed by atoms with Gasteiger partial charge in [-0.1, -0.05) is 46.4 Å². The SMILES string of the molecule is O=C(O)CC1CCC(c2ccc(-c3cnc(N(F)c4cccc(Cl)c4)o3)cc2)CC1. The van der Waals surface area contributed by atoms with Crippen LogP contribution in [0.2, 0.25) is 5.02 Å². The van der Waals surface area contributed by atoms with Gasteiger partial charge in [0.25, 0.3) is 0 Å². The fraction of sp³-hybridized carbons (Fsp3) is 0.304. The third-order valence-electron chi connectivity index (χ3n) is 5.67. The molecule has 0 bridgehead atoms. The average molecular weight is 429 g/mol. The molecule has 30 heavy (non-hydrogen) atoms. The summed E-state index contributed by atoms with van der Waals surface area (Å²) in [6.45, 7) is 0. The van der Waals surface area contributed by atoms with Crippen LogP contribution in [0.1, 0.15) is 43.6 Å². The number of hydrogen-bond acceptors (Lipinski definition) is 4. The van der Waals surface area contributed by atoms with E-state index < -0.39 is 5.97 Å². The van der Waals surface area contributed by atoms with E-state index in [1.807, 2.05) is 12.1 Å². The number of halogens is 2. The van der Waals surface area contributed by atoms with Gasteiger partial charge in [0.15, 0.2) is 5.76 Å². The van der Waals surface area contributed by atoms with E-state index in [1.165, 1.54) is 17.8 Å². The largest absolute Gasteiger partial charge is 0.481 e. The smallest absolute Gasteiger partial charge is 0.331 e. The van der Waals surface area contributed by atoms with Gasteiger partial charge >= 0.3 is 12.0 Å². The Balaban J connectivity index is 1.42. The molecule has 0 amide bonds. The maximum absolute atomic E-state index is 14.6. The summed E-state index contributed by atoms with van der Waals surface area (Å²) in [5.74, 6) is 0.496. The molecular formula is C23H22ClFN2O3. The quantitative estimate of drug-likeness (QED) is 0.439. The van der Waals surface area contributed by atoms with Gasteiger partial charge in [0.1, 0.15) is 0 Å². The Labute approximate surface area is 179 Å². The first-order valence-corrected chi connectivity index (χ1v) is 10.4. The third-order valence-corrected chi connectivity index (χ3v) is 5.91. The molecule has 0 saturated heterocycles. The van der Waals surface area contributed by atoms with Gasteiger partial charge in [-0.05, 0) is 61.3 Å². The third kappa shape index (κ3) is 4.65. The Kier molecular flexibility index (Phi) is 6.04. The number of rotatable bonds is 6.